The number of carbonyl (C=O) groups excluding carboxylic acids is 2. The maximum Gasteiger partial charge on any atom is 0.240 e. The molecule has 2 aromatic heterocycles. The molecule has 2 amide bonds. The van der Waals surface area contributed by atoms with E-state index in [9.17, 15) is 14.0 Å². The van der Waals surface area contributed by atoms with Crippen molar-refractivity contribution in [2.24, 2.45) is 0 Å². The number of nitrogens with one attached hydrogen (secondary N) is 1. The highest BCUT2D eigenvalue weighted by atomic mass is 32.2. The minimum Gasteiger partial charge on any atom is -0.352 e. The van der Waals surface area contributed by atoms with Gasteiger partial charge in [-0.25, -0.2) is 9.07 Å². The van der Waals surface area contributed by atoms with Gasteiger partial charge in [-0.05, 0) is 59.5 Å². The molecule has 5 rings (SSSR count). The van der Waals surface area contributed by atoms with E-state index in [4.69, 9.17) is 5.10 Å². The van der Waals surface area contributed by atoms with Crippen molar-refractivity contribution in [2.75, 3.05) is 17.2 Å². The Morgan fingerprint density at radius 1 is 1.21 bits per heavy atom. The first-order valence-electron chi connectivity index (χ1n) is 11.3. The van der Waals surface area contributed by atoms with Crippen molar-refractivity contribution in [2.45, 2.75) is 50.3 Å². The Hall–Kier alpha value is -2.65. The first-order valence-corrected chi connectivity index (χ1v) is 13.3. The first-order chi connectivity index (χ1) is 16.2. The Bertz CT molecular complexity index is 1210. The summed E-state index contributed by atoms with van der Waals surface area (Å²) in [6.45, 7) is 6.21. The number of nitrogens with zero attached hydrogens (tertiary/aromatic N) is 3. The monoisotopic (exact) mass is 498 g/mol. The zero-order chi connectivity index (χ0) is 24.0. The van der Waals surface area contributed by atoms with Crippen molar-refractivity contribution in [1.82, 2.24) is 15.1 Å². The zero-order valence-corrected chi connectivity index (χ0v) is 21.0. The van der Waals surface area contributed by atoms with E-state index >= 15 is 0 Å². The van der Waals surface area contributed by atoms with E-state index in [0.717, 1.165) is 29.7 Å². The highest BCUT2D eigenvalue weighted by Crippen LogP contribution is 2.48. The molecule has 0 radical (unpaired) electrons. The molecule has 1 aromatic carbocycles. The second-order valence-corrected chi connectivity index (χ2v) is 11.7. The van der Waals surface area contributed by atoms with Crippen LogP contribution >= 0.6 is 23.1 Å². The van der Waals surface area contributed by atoms with E-state index in [0.29, 0.717) is 11.5 Å². The fraction of sp³-hybridized carbons (Fsp3) is 0.400. The summed E-state index contributed by atoms with van der Waals surface area (Å²) in [6, 6.07) is 8.35. The summed E-state index contributed by atoms with van der Waals surface area (Å²) in [6.07, 6.45) is 1.95. The maximum absolute atomic E-state index is 13.7. The molecule has 1 fully saturated rings. The van der Waals surface area contributed by atoms with Crippen LogP contribution in [-0.2, 0) is 15.0 Å². The van der Waals surface area contributed by atoms with E-state index in [-0.39, 0.29) is 46.6 Å². The van der Waals surface area contributed by atoms with Gasteiger partial charge < -0.3 is 5.32 Å². The van der Waals surface area contributed by atoms with Crippen molar-refractivity contribution < 1.29 is 14.0 Å². The maximum atomic E-state index is 13.7. The molecule has 1 unspecified atom stereocenters. The highest BCUT2D eigenvalue weighted by molar-refractivity contribution is 8.00. The predicted molar refractivity (Wildman–Crippen MR) is 134 cm³/mol. The van der Waals surface area contributed by atoms with Crippen LogP contribution in [0.4, 0.5) is 10.2 Å². The summed E-state index contributed by atoms with van der Waals surface area (Å²) >= 11 is 3.18. The van der Waals surface area contributed by atoms with E-state index in [1.165, 1.54) is 12.1 Å². The van der Waals surface area contributed by atoms with Crippen LogP contribution in [0.1, 0.15) is 55.7 Å². The number of fused-ring (bicyclic) bond motifs is 1. The molecule has 1 saturated carbocycles. The average Bonchev–Trinajstić information content (AvgIpc) is 3.30. The minimum atomic E-state index is -0.346. The molecule has 0 saturated heterocycles. The molecule has 1 aliphatic heterocycles. The lowest BCUT2D eigenvalue weighted by molar-refractivity contribution is -0.123. The van der Waals surface area contributed by atoms with E-state index in [1.54, 1.807) is 44.8 Å². The number of hydrogen-bond acceptors (Lipinski definition) is 5. The molecule has 2 aliphatic rings. The van der Waals surface area contributed by atoms with Crippen LogP contribution in [0.3, 0.4) is 0 Å². The van der Waals surface area contributed by atoms with Crippen LogP contribution in [0.15, 0.2) is 41.1 Å². The molecule has 34 heavy (non-hydrogen) atoms. The number of aromatic nitrogens is 2. The van der Waals surface area contributed by atoms with Gasteiger partial charge >= 0.3 is 0 Å². The van der Waals surface area contributed by atoms with Gasteiger partial charge in [0.25, 0.3) is 0 Å². The summed E-state index contributed by atoms with van der Waals surface area (Å²) in [5.41, 5.74) is 3.23. The summed E-state index contributed by atoms with van der Waals surface area (Å²) in [5.74, 6) is 0.178. The molecule has 3 aromatic rings. The average molecular weight is 499 g/mol. The van der Waals surface area contributed by atoms with Crippen LogP contribution in [0.2, 0.25) is 0 Å². The van der Waals surface area contributed by atoms with Gasteiger partial charge in [0.1, 0.15) is 18.2 Å². The highest BCUT2D eigenvalue weighted by Gasteiger charge is 2.40. The van der Waals surface area contributed by atoms with Crippen LogP contribution < -0.4 is 10.2 Å². The predicted octanol–water partition coefficient (Wildman–Crippen LogP) is 4.82. The molecule has 1 aliphatic carbocycles. The zero-order valence-electron chi connectivity index (χ0n) is 19.4. The van der Waals surface area contributed by atoms with Gasteiger partial charge in [-0.1, -0.05) is 20.8 Å². The summed E-state index contributed by atoms with van der Waals surface area (Å²) in [5, 5.41) is 12.0. The molecule has 0 bridgehead atoms. The first kappa shape index (κ1) is 23.1. The number of rotatable bonds is 5. The summed E-state index contributed by atoms with van der Waals surface area (Å²) in [4.78, 5) is 27.9. The van der Waals surface area contributed by atoms with Crippen molar-refractivity contribution in [1.29, 1.82) is 0 Å². The molecule has 1 atom stereocenters. The Morgan fingerprint density at radius 3 is 2.56 bits per heavy atom. The van der Waals surface area contributed by atoms with E-state index < -0.39 is 0 Å². The number of thioether (sulfide) groups is 1. The third kappa shape index (κ3) is 4.51. The van der Waals surface area contributed by atoms with Crippen LogP contribution in [0, 0.1) is 5.82 Å². The lowest BCUT2D eigenvalue weighted by atomic mass is 9.87. The number of carbonyl (C=O) groups is 2. The lowest BCUT2D eigenvalue weighted by Crippen LogP contribution is -2.43. The minimum absolute atomic E-state index is 0.0737. The number of halogens is 1. The van der Waals surface area contributed by atoms with Crippen molar-refractivity contribution in [3.8, 4) is 5.69 Å². The second kappa shape index (κ2) is 8.85. The van der Waals surface area contributed by atoms with Gasteiger partial charge in [-0.2, -0.15) is 16.4 Å². The number of amides is 2. The van der Waals surface area contributed by atoms with Crippen LogP contribution in [0.25, 0.3) is 5.69 Å². The number of benzene rings is 1. The quantitative estimate of drug-likeness (QED) is 0.548. The molecular formula is C25H27FN4O2S2. The molecule has 178 valence electrons. The standard InChI is InChI=1S/C25H27FN4O2S2/c1-25(2,3)23-21-22(15-10-11-33-13-15)34-14-20(32)29(12-19(31)27-17-6-7-17)24(21)30(28-23)18-8-4-16(26)5-9-18/h4-5,8-11,13,17,22H,6-7,12,14H2,1-3H3,(H,27,31). The fourth-order valence-corrected chi connectivity index (χ4v) is 6.13. The molecular weight excluding hydrogens is 471 g/mol. The Balaban J connectivity index is 1.73. The number of hydrogen-bond donors (Lipinski definition) is 1. The largest absolute Gasteiger partial charge is 0.352 e. The fourth-order valence-electron chi connectivity index (χ4n) is 4.17. The van der Waals surface area contributed by atoms with E-state index in [2.05, 4.69) is 37.5 Å². The SMILES string of the molecule is CC(C)(C)c1nn(-c2ccc(F)cc2)c2c1C(c1ccsc1)SCC(=O)N2CC(=O)NC1CC1. The van der Waals surface area contributed by atoms with Crippen molar-refractivity contribution in [3.63, 3.8) is 0 Å². The summed E-state index contributed by atoms with van der Waals surface area (Å²) < 4.78 is 15.4. The van der Waals surface area contributed by atoms with Gasteiger partial charge in [-0.3, -0.25) is 14.5 Å². The third-order valence-electron chi connectivity index (χ3n) is 5.96. The van der Waals surface area contributed by atoms with Gasteiger partial charge in [0.2, 0.25) is 11.8 Å². The normalized spacial score (nSPS) is 18.5. The topological polar surface area (TPSA) is 67.2 Å². The smallest absolute Gasteiger partial charge is 0.240 e. The van der Waals surface area contributed by atoms with Crippen LogP contribution in [0.5, 0.6) is 0 Å². The lowest BCUT2D eigenvalue weighted by Gasteiger charge is -2.24. The van der Waals surface area contributed by atoms with Gasteiger partial charge in [0.05, 0.1) is 22.4 Å². The Morgan fingerprint density at radius 2 is 1.94 bits per heavy atom. The van der Waals surface area contributed by atoms with Gasteiger partial charge in [0.15, 0.2) is 0 Å². The van der Waals surface area contributed by atoms with Crippen molar-refractivity contribution >= 4 is 40.7 Å². The third-order valence-corrected chi connectivity index (χ3v) is 7.92. The van der Waals surface area contributed by atoms with Gasteiger partial charge in [-0.15, -0.1) is 11.8 Å². The Kier molecular flexibility index (Phi) is 6.02. The van der Waals surface area contributed by atoms with Gasteiger partial charge in [0, 0.05) is 17.0 Å². The molecule has 3 heterocycles. The van der Waals surface area contributed by atoms with Crippen LogP contribution in [-0.4, -0.2) is 39.9 Å². The molecule has 9 heteroatoms. The molecule has 1 N–H and O–H groups in total. The molecule has 6 nitrogen and oxygen atoms in total. The second-order valence-electron chi connectivity index (χ2n) is 9.79. The molecule has 0 spiro atoms. The summed E-state index contributed by atoms with van der Waals surface area (Å²) in [7, 11) is 0. The van der Waals surface area contributed by atoms with Crippen molar-refractivity contribution in [3.05, 3.63) is 63.7 Å². The Labute approximate surface area is 206 Å². The number of anilines is 1. The number of thiophene rings is 1. The van der Waals surface area contributed by atoms with E-state index in [1.807, 2.05) is 5.38 Å².